The molecule has 1 radical (unpaired) electrons. The lowest BCUT2D eigenvalue weighted by atomic mass is 10.5. The van der Waals surface area contributed by atoms with Gasteiger partial charge in [0.25, 0.3) is 0 Å². The zero-order valence-corrected chi connectivity index (χ0v) is 6.37. The maximum atomic E-state index is 4.85. The topological polar surface area (TPSA) is 47.0 Å². The van der Waals surface area contributed by atoms with Crippen LogP contribution in [0.2, 0.25) is 0 Å². The van der Waals surface area contributed by atoms with Gasteiger partial charge in [-0.2, -0.15) is 0 Å². The molecule has 1 aromatic heterocycles. The number of hydrogen-bond acceptors (Lipinski definition) is 4. The molecule has 59 valence electrons. The zero-order chi connectivity index (χ0) is 7.94. The average molecular weight is 152 g/mol. The van der Waals surface area contributed by atoms with Crippen molar-refractivity contribution in [2.24, 2.45) is 0 Å². The van der Waals surface area contributed by atoms with Crippen molar-refractivity contribution >= 4 is 5.82 Å². The highest BCUT2D eigenvalue weighted by molar-refractivity contribution is 5.30. The molecule has 4 heteroatoms. The summed E-state index contributed by atoms with van der Waals surface area (Å²) in [6.07, 6.45) is 4.13. The summed E-state index contributed by atoms with van der Waals surface area (Å²) in [4.78, 5) is 7.61. The molecule has 0 fully saturated rings. The first-order valence-corrected chi connectivity index (χ1v) is 3.34. The van der Waals surface area contributed by atoms with E-state index in [0.717, 1.165) is 12.4 Å². The number of anilines is 1. The average Bonchev–Trinajstić information content (AvgIpc) is 2.07. The summed E-state index contributed by atoms with van der Waals surface area (Å²) in [5.74, 6) is 0.775. The Balaban J connectivity index is 2.28. The van der Waals surface area contributed by atoms with Crippen LogP contribution in [-0.4, -0.2) is 30.2 Å². The normalized spacial score (nSPS) is 9.55. The quantitative estimate of drug-likeness (QED) is 0.632. The number of rotatable bonds is 4. The molecule has 4 nitrogen and oxygen atoms in total. The van der Waals surface area contributed by atoms with Crippen molar-refractivity contribution < 1.29 is 4.74 Å². The van der Waals surface area contributed by atoms with E-state index >= 15 is 0 Å². The molecule has 0 spiro atoms. The van der Waals surface area contributed by atoms with E-state index in [1.165, 1.54) is 6.33 Å². The van der Waals surface area contributed by atoms with Gasteiger partial charge in [0, 0.05) is 19.7 Å². The van der Waals surface area contributed by atoms with Gasteiger partial charge in [0.1, 0.15) is 12.1 Å². The number of nitrogens with zero attached hydrogens (tertiary/aromatic N) is 2. The van der Waals surface area contributed by atoms with E-state index in [9.17, 15) is 0 Å². The third kappa shape index (κ3) is 2.95. The SMILES string of the molecule is COCCNc1c[c]ncn1. The fourth-order valence-corrected chi connectivity index (χ4v) is 0.638. The van der Waals surface area contributed by atoms with Crippen molar-refractivity contribution in [1.82, 2.24) is 9.97 Å². The number of ether oxygens (including phenoxy) is 1. The molecule has 0 atom stereocenters. The van der Waals surface area contributed by atoms with Crippen molar-refractivity contribution in [2.45, 2.75) is 0 Å². The van der Waals surface area contributed by atoms with E-state index < -0.39 is 0 Å². The van der Waals surface area contributed by atoms with Gasteiger partial charge in [0.05, 0.1) is 12.8 Å². The third-order valence-corrected chi connectivity index (χ3v) is 1.14. The van der Waals surface area contributed by atoms with Gasteiger partial charge in [-0.1, -0.05) is 0 Å². The number of hydrogen-bond donors (Lipinski definition) is 1. The molecule has 1 heterocycles. The summed E-state index contributed by atoms with van der Waals surface area (Å²) in [6.45, 7) is 1.42. The molecule has 0 amide bonds. The van der Waals surface area contributed by atoms with Crippen LogP contribution >= 0.6 is 0 Å². The second-order valence-electron chi connectivity index (χ2n) is 1.95. The van der Waals surface area contributed by atoms with Crippen LogP contribution in [0.3, 0.4) is 0 Å². The van der Waals surface area contributed by atoms with Gasteiger partial charge in [-0.25, -0.2) is 9.97 Å². The molecular weight excluding hydrogens is 142 g/mol. The minimum Gasteiger partial charge on any atom is -0.383 e. The van der Waals surface area contributed by atoms with Crippen LogP contribution in [0.5, 0.6) is 0 Å². The fourth-order valence-electron chi connectivity index (χ4n) is 0.638. The second kappa shape index (κ2) is 4.62. The van der Waals surface area contributed by atoms with E-state index in [1.54, 1.807) is 13.2 Å². The lowest BCUT2D eigenvalue weighted by Crippen LogP contribution is -2.08. The van der Waals surface area contributed by atoms with Crippen molar-refractivity contribution in [2.75, 3.05) is 25.6 Å². The van der Waals surface area contributed by atoms with Crippen LogP contribution in [0, 0.1) is 6.20 Å². The van der Waals surface area contributed by atoms with E-state index in [-0.39, 0.29) is 0 Å². The molecule has 1 N–H and O–H groups in total. The summed E-state index contributed by atoms with van der Waals surface area (Å²) >= 11 is 0. The Hall–Kier alpha value is -1.16. The Kier molecular flexibility index (Phi) is 3.34. The first kappa shape index (κ1) is 7.94. The van der Waals surface area contributed by atoms with Gasteiger partial charge in [0.15, 0.2) is 0 Å². The minimum absolute atomic E-state index is 0.671. The first-order valence-electron chi connectivity index (χ1n) is 3.34. The maximum Gasteiger partial charge on any atom is 0.130 e. The van der Waals surface area contributed by atoms with E-state index in [0.29, 0.717) is 6.61 Å². The third-order valence-electron chi connectivity index (χ3n) is 1.14. The van der Waals surface area contributed by atoms with Gasteiger partial charge < -0.3 is 10.1 Å². The van der Waals surface area contributed by atoms with Crippen LogP contribution in [-0.2, 0) is 4.74 Å². The maximum absolute atomic E-state index is 4.85. The molecule has 0 aromatic carbocycles. The molecular formula is C7H10N3O. The molecule has 0 bridgehead atoms. The molecule has 11 heavy (non-hydrogen) atoms. The van der Waals surface area contributed by atoms with E-state index in [2.05, 4.69) is 21.5 Å². The Morgan fingerprint density at radius 1 is 1.73 bits per heavy atom. The van der Waals surface area contributed by atoms with Crippen LogP contribution in [0.4, 0.5) is 5.82 Å². The van der Waals surface area contributed by atoms with Crippen molar-refractivity contribution in [1.29, 1.82) is 0 Å². The molecule has 0 saturated heterocycles. The van der Waals surface area contributed by atoms with Gasteiger partial charge in [-0.3, -0.25) is 0 Å². The number of aromatic nitrogens is 2. The highest BCUT2D eigenvalue weighted by Gasteiger charge is 1.88. The first-order chi connectivity index (χ1) is 5.43. The smallest absolute Gasteiger partial charge is 0.130 e. The molecule has 0 aliphatic carbocycles. The van der Waals surface area contributed by atoms with Crippen LogP contribution in [0.15, 0.2) is 12.4 Å². The second-order valence-corrected chi connectivity index (χ2v) is 1.95. The summed E-state index contributed by atoms with van der Waals surface area (Å²) in [7, 11) is 1.66. The molecule has 0 unspecified atom stereocenters. The number of methoxy groups -OCH3 is 1. The van der Waals surface area contributed by atoms with E-state index in [4.69, 9.17) is 4.74 Å². The molecule has 0 aliphatic rings. The van der Waals surface area contributed by atoms with Crippen molar-refractivity contribution in [3.8, 4) is 0 Å². The highest BCUT2D eigenvalue weighted by Crippen LogP contribution is 1.95. The van der Waals surface area contributed by atoms with Crippen molar-refractivity contribution in [3.05, 3.63) is 18.6 Å². The Morgan fingerprint density at radius 2 is 2.64 bits per heavy atom. The number of nitrogens with one attached hydrogen (secondary N) is 1. The van der Waals surface area contributed by atoms with Gasteiger partial charge in [-0.05, 0) is 0 Å². The minimum atomic E-state index is 0.671. The van der Waals surface area contributed by atoms with Crippen LogP contribution in [0.25, 0.3) is 0 Å². The standard InChI is InChI=1S/C7H10N3O/c1-11-5-4-9-7-2-3-8-6-10-7/h2,6H,4-5H2,1H3,(H,8,9,10). The lowest BCUT2D eigenvalue weighted by Gasteiger charge is -2.01. The molecule has 0 saturated carbocycles. The van der Waals surface area contributed by atoms with E-state index in [1.807, 2.05) is 0 Å². The van der Waals surface area contributed by atoms with Crippen LogP contribution < -0.4 is 5.32 Å². The van der Waals surface area contributed by atoms with Crippen molar-refractivity contribution in [3.63, 3.8) is 0 Å². The largest absolute Gasteiger partial charge is 0.383 e. The van der Waals surface area contributed by atoms with Gasteiger partial charge in [0.2, 0.25) is 0 Å². The summed E-state index contributed by atoms with van der Waals surface area (Å²) in [6, 6.07) is 1.69. The Morgan fingerprint density at radius 3 is 3.27 bits per heavy atom. The van der Waals surface area contributed by atoms with Gasteiger partial charge in [-0.15, -0.1) is 0 Å². The monoisotopic (exact) mass is 152 g/mol. The Labute approximate surface area is 65.6 Å². The summed E-state index contributed by atoms with van der Waals surface area (Å²) < 4.78 is 4.85. The lowest BCUT2D eigenvalue weighted by molar-refractivity contribution is 0.210. The highest BCUT2D eigenvalue weighted by atomic mass is 16.5. The fraction of sp³-hybridized carbons (Fsp3) is 0.429. The summed E-state index contributed by atoms with van der Waals surface area (Å²) in [5.41, 5.74) is 0. The predicted molar refractivity (Wildman–Crippen MR) is 41.2 cm³/mol. The molecule has 1 aromatic rings. The van der Waals surface area contributed by atoms with Gasteiger partial charge >= 0.3 is 0 Å². The summed E-state index contributed by atoms with van der Waals surface area (Å²) in [5, 5.41) is 3.04. The Bertz CT molecular complexity index is 190. The molecule has 1 rings (SSSR count). The van der Waals surface area contributed by atoms with Crippen LogP contribution in [0.1, 0.15) is 0 Å². The predicted octanol–water partition coefficient (Wildman–Crippen LogP) is 0.335. The molecule has 0 aliphatic heterocycles. The zero-order valence-electron chi connectivity index (χ0n) is 6.37.